The summed E-state index contributed by atoms with van der Waals surface area (Å²) in [6.07, 6.45) is 0. The van der Waals surface area contributed by atoms with E-state index in [9.17, 15) is 4.79 Å². The van der Waals surface area contributed by atoms with Gasteiger partial charge < -0.3 is 10.2 Å². The van der Waals surface area contributed by atoms with Crippen LogP contribution >= 0.6 is 11.8 Å². The molecule has 2 rings (SSSR count). The number of anilines is 2. The second-order valence-corrected chi connectivity index (χ2v) is 5.73. The number of para-hydroxylation sites is 2. The van der Waals surface area contributed by atoms with Crippen LogP contribution in [0.25, 0.3) is 0 Å². The fourth-order valence-electron chi connectivity index (χ4n) is 1.93. The molecule has 0 radical (unpaired) electrons. The first-order chi connectivity index (χ1) is 10.2. The second kappa shape index (κ2) is 7.74. The van der Waals surface area contributed by atoms with Crippen molar-refractivity contribution in [3.05, 3.63) is 54.6 Å². The lowest BCUT2D eigenvalue weighted by atomic mass is 10.2. The molecule has 110 valence electrons. The van der Waals surface area contributed by atoms with Crippen LogP contribution in [0.2, 0.25) is 0 Å². The molecule has 0 unspecified atom stereocenters. The minimum Gasteiger partial charge on any atom is -0.373 e. The maximum absolute atomic E-state index is 12.1. The van der Waals surface area contributed by atoms with Gasteiger partial charge in [0.25, 0.3) is 0 Å². The summed E-state index contributed by atoms with van der Waals surface area (Å²) in [5.74, 6) is 0.426. The first-order valence-electron chi connectivity index (χ1n) is 6.98. The molecule has 0 fully saturated rings. The van der Waals surface area contributed by atoms with Gasteiger partial charge in [-0.05, 0) is 31.2 Å². The van der Waals surface area contributed by atoms with E-state index in [0.29, 0.717) is 5.75 Å². The van der Waals surface area contributed by atoms with Gasteiger partial charge in [-0.15, -0.1) is 11.8 Å². The van der Waals surface area contributed by atoms with Crippen LogP contribution in [0.5, 0.6) is 0 Å². The molecule has 0 aliphatic rings. The highest BCUT2D eigenvalue weighted by Gasteiger charge is 2.09. The van der Waals surface area contributed by atoms with E-state index in [-0.39, 0.29) is 5.91 Å². The monoisotopic (exact) mass is 300 g/mol. The molecule has 21 heavy (non-hydrogen) atoms. The summed E-state index contributed by atoms with van der Waals surface area (Å²) in [5, 5.41) is 2.99. The third-order valence-electron chi connectivity index (χ3n) is 3.18. The van der Waals surface area contributed by atoms with Crippen LogP contribution in [0, 0.1) is 0 Å². The molecule has 3 nitrogen and oxygen atoms in total. The molecule has 0 aliphatic heterocycles. The number of amides is 1. The van der Waals surface area contributed by atoms with Crippen molar-refractivity contribution in [3.8, 4) is 0 Å². The quantitative estimate of drug-likeness (QED) is 0.822. The van der Waals surface area contributed by atoms with Crippen molar-refractivity contribution in [1.29, 1.82) is 0 Å². The Hall–Kier alpha value is -1.94. The molecule has 2 aromatic carbocycles. The van der Waals surface area contributed by atoms with Crippen LogP contribution in [-0.4, -0.2) is 25.3 Å². The molecule has 2 aromatic rings. The first kappa shape index (κ1) is 15.4. The summed E-state index contributed by atoms with van der Waals surface area (Å²) in [6.45, 7) is 2.98. The Kier molecular flexibility index (Phi) is 5.69. The van der Waals surface area contributed by atoms with Crippen molar-refractivity contribution in [2.24, 2.45) is 0 Å². The van der Waals surface area contributed by atoms with Gasteiger partial charge in [0.05, 0.1) is 17.1 Å². The van der Waals surface area contributed by atoms with E-state index >= 15 is 0 Å². The molecule has 0 atom stereocenters. The van der Waals surface area contributed by atoms with Crippen molar-refractivity contribution >= 4 is 29.0 Å². The third kappa shape index (κ3) is 4.53. The largest absolute Gasteiger partial charge is 0.373 e. The number of rotatable bonds is 6. The van der Waals surface area contributed by atoms with Crippen LogP contribution in [0.3, 0.4) is 0 Å². The van der Waals surface area contributed by atoms with E-state index in [2.05, 4.69) is 17.1 Å². The van der Waals surface area contributed by atoms with Crippen LogP contribution in [0.15, 0.2) is 59.5 Å². The zero-order chi connectivity index (χ0) is 15.1. The molecule has 4 heteroatoms. The molecular weight excluding hydrogens is 280 g/mol. The van der Waals surface area contributed by atoms with Crippen molar-refractivity contribution in [1.82, 2.24) is 0 Å². The maximum atomic E-state index is 12.1. The predicted molar refractivity (Wildman–Crippen MR) is 91.2 cm³/mol. The Morgan fingerprint density at radius 3 is 2.48 bits per heavy atom. The molecule has 0 saturated carbocycles. The van der Waals surface area contributed by atoms with Gasteiger partial charge in [0, 0.05) is 18.5 Å². The molecule has 0 aliphatic carbocycles. The molecule has 0 spiro atoms. The zero-order valence-corrected chi connectivity index (χ0v) is 13.2. The van der Waals surface area contributed by atoms with Crippen LogP contribution in [0.4, 0.5) is 11.4 Å². The zero-order valence-electron chi connectivity index (χ0n) is 12.4. The summed E-state index contributed by atoms with van der Waals surface area (Å²) in [4.78, 5) is 15.3. The number of hydrogen-bond acceptors (Lipinski definition) is 3. The number of benzene rings is 2. The van der Waals surface area contributed by atoms with E-state index in [1.807, 2.05) is 61.6 Å². The first-order valence-corrected chi connectivity index (χ1v) is 7.97. The van der Waals surface area contributed by atoms with Crippen molar-refractivity contribution in [2.45, 2.75) is 11.8 Å². The van der Waals surface area contributed by atoms with Gasteiger partial charge in [-0.3, -0.25) is 4.79 Å². The van der Waals surface area contributed by atoms with E-state index in [4.69, 9.17) is 0 Å². The molecule has 0 bridgehead atoms. The molecule has 1 N–H and O–H groups in total. The number of carbonyl (C=O) groups is 1. The third-order valence-corrected chi connectivity index (χ3v) is 4.19. The van der Waals surface area contributed by atoms with Gasteiger partial charge in [0.1, 0.15) is 0 Å². The summed E-state index contributed by atoms with van der Waals surface area (Å²) < 4.78 is 0. The minimum atomic E-state index is 0.0146. The number of nitrogens with one attached hydrogen (secondary N) is 1. The number of hydrogen-bond donors (Lipinski definition) is 1. The van der Waals surface area contributed by atoms with E-state index in [1.54, 1.807) is 11.8 Å². The van der Waals surface area contributed by atoms with Gasteiger partial charge in [0.2, 0.25) is 5.91 Å². The predicted octanol–water partition coefficient (Wildman–Crippen LogP) is 3.87. The van der Waals surface area contributed by atoms with Gasteiger partial charge in [-0.25, -0.2) is 0 Å². The Labute approximate surface area is 130 Å². The lowest BCUT2D eigenvalue weighted by Gasteiger charge is -2.20. The standard InChI is InChI=1S/C17H20N2OS/c1-3-19(2)16-12-8-7-11-15(16)18-17(20)13-21-14-9-5-4-6-10-14/h4-12H,3,13H2,1-2H3,(H,18,20). The SMILES string of the molecule is CCN(C)c1ccccc1NC(=O)CSc1ccccc1. The summed E-state index contributed by atoms with van der Waals surface area (Å²) in [6, 6.07) is 17.8. The maximum Gasteiger partial charge on any atom is 0.234 e. The summed E-state index contributed by atoms with van der Waals surface area (Å²) >= 11 is 1.54. The lowest BCUT2D eigenvalue weighted by molar-refractivity contribution is -0.113. The Morgan fingerprint density at radius 2 is 1.76 bits per heavy atom. The van der Waals surface area contributed by atoms with Gasteiger partial charge in [0.15, 0.2) is 0 Å². The minimum absolute atomic E-state index is 0.0146. The van der Waals surface area contributed by atoms with Gasteiger partial charge in [-0.1, -0.05) is 30.3 Å². The van der Waals surface area contributed by atoms with Crippen molar-refractivity contribution in [2.75, 3.05) is 29.6 Å². The highest BCUT2D eigenvalue weighted by atomic mass is 32.2. The van der Waals surface area contributed by atoms with Crippen LogP contribution in [0.1, 0.15) is 6.92 Å². The molecule has 0 aromatic heterocycles. The Morgan fingerprint density at radius 1 is 1.10 bits per heavy atom. The normalized spacial score (nSPS) is 10.2. The van der Waals surface area contributed by atoms with Crippen LogP contribution < -0.4 is 10.2 Å². The van der Waals surface area contributed by atoms with Gasteiger partial charge >= 0.3 is 0 Å². The summed E-state index contributed by atoms with van der Waals surface area (Å²) in [7, 11) is 2.02. The second-order valence-electron chi connectivity index (χ2n) is 4.68. The fraction of sp³-hybridized carbons (Fsp3) is 0.235. The Balaban J connectivity index is 1.97. The number of nitrogens with zero attached hydrogens (tertiary/aromatic N) is 1. The number of carbonyl (C=O) groups excluding carboxylic acids is 1. The smallest absolute Gasteiger partial charge is 0.234 e. The Bertz CT molecular complexity index is 586. The topological polar surface area (TPSA) is 32.3 Å². The van der Waals surface area contributed by atoms with E-state index in [0.717, 1.165) is 22.8 Å². The van der Waals surface area contributed by atoms with Crippen molar-refractivity contribution in [3.63, 3.8) is 0 Å². The highest BCUT2D eigenvalue weighted by Crippen LogP contribution is 2.25. The fourth-order valence-corrected chi connectivity index (χ4v) is 2.65. The van der Waals surface area contributed by atoms with Crippen LogP contribution in [-0.2, 0) is 4.79 Å². The van der Waals surface area contributed by atoms with Crippen molar-refractivity contribution < 1.29 is 4.79 Å². The number of thioether (sulfide) groups is 1. The summed E-state index contributed by atoms with van der Waals surface area (Å²) in [5.41, 5.74) is 1.90. The molecule has 0 saturated heterocycles. The molecule has 0 heterocycles. The highest BCUT2D eigenvalue weighted by molar-refractivity contribution is 8.00. The molecular formula is C17H20N2OS. The average Bonchev–Trinajstić information content (AvgIpc) is 2.54. The molecule has 1 amide bonds. The van der Waals surface area contributed by atoms with Gasteiger partial charge in [-0.2, -0.15) is 0 Å². The van der Waals surface area contributed by atoms with E-state index < -0.39 is 0 Å². The lowest BCUT2D eigenvalue weighted by Crippen LogP contribution is -2.20. The van der Waals surface area contributed by atoms with E-state index in [1.165, 1.54) is 0 Å². The average molecular weight is 300 g/mol.